The van der Waals surface area contributed by atoms with Crippen LogP contribution in [-0.2, 0) is 0 Å². The maximum absolute atomic E-state index is 5.70. The van der Waals surface area contributed by atoms with Gasteiger partial charge in [0, 0.05) is 24.3 Å². The fourth-order valence-electron chi connectivity index (χ4n) is 2.83. The summed E-state index contributed by atoms with van der Waals surface area (Å²) in [5.41, 5.74) is 9.19. The summed E-state index contributed by atoms with van der Waals surface area (Å²) in [7, 11) is 0. The Balaban J connectivity index is 2.11. The molecule has 0 bridgehead atoms. The number of anilines is 1. The summed E-state index contributed by atoms with van der Waals surface area (Å²) >= 11 is 5.04. The van der Waals surface area contributed by atoms with Gasteiger partial charge in [0.05, 0.1) is 0 Å². The molecule has 1 atom stereocenters. The van der Waals surface area contributed by atoms with E-state index in [9.17, 15) is 0 Å². The Bertz CT molecular complexity index is 442. The van der Waals surface area contributed by atoms with Gasteiger partial charge in [0.15, 0.2) is 0 Å². The summed E-state index contributed by atoms with van der Waals surface area (Å²) in [6.45, 7) is 6.72. The second-order valence-electron chi connectivity index (χ2n) is 5.25. The van der Waals surface area contributed by atoms with Crippen molar-refractivity contribution in [3.8, 4) is 0 Å². The van der Waals surface area contributed by atoms with Crippen LogP contribution in [0, 0.1) is 12.8 Å². The Hall–Kier alpha value is -1.09. The van der Waals surface area contributed by atoms with Crippen molar-refractivity contribution >= 4 is 22.9 Å². The molecule has 18 heavy (non-hydrogen) atoms. The van der Waals surface area contributed by atoms with Crippen molar-refractivity contribution < 1.29 is 0 Å². The van der Waals surface area contributed by atoms with Crippen LogP contribution >= 0.6 is 12.2 Å². The van der Waals surface area contributed by atoms with Crippen LogP contribution in [0.5, 0.6) is 0 Å². The largest absolute Gasteiger partial charge is 0.389 e. The van der Waals surface area contributed by atoms with Gasteiger partial charge >= 0.3 is 0 Å². The van der Waals surface area contributed by atoms with E-state index in [0.29, 0.717) is 4.99 Å². The summed E-state index contributed by atoms with van der Waals surface area (Å²) in [4.78, 5) is 2.97. The molecule has 0 saturated carbocycles. The first-order valence-electron chi connectivity index (χ1n) is 6.77. The van der Waals surface area contributed by atoms with E-state index in [4.69, 9.17) is 18.0 Å². The van der Waals surface area contributed by atoms with Gasteiger partial charge in [-0.05, 0) is 49.4 Å². The van der Waals surface area contributed by atoms with E-state index in [1.54, 1.807) is 0 Å². The highest BCUT2D eigenvalue weighted by atomic mass is 32.1. The molecule has 1 aromatic rings. The van der Waals surface area contributed by atoms with Crippen LogP contribution in [0.3, 0.4) is 0 Å². The van der Waals surface area contributed by atoms with Crippen LogP contribution in [-0.4, -0.2) is 18.1 Å². The maximum Gasteiger partial charge on any atom is 0.104 e. The Morgan fingerprint density at radius 1 is 1.50 bits per heavy atom. The molecule has 1 aliphatic rings. The first-order chi connectivity index (χ1) is 8.61. The van der Waals surface area contributed by atoms with E-state index in [-0.39, 0.29) is 0 Å². The summed E-state index contributed by atoms with van der Waals surface area (Å²) in [6.07, 6.45) is 3.96. The van der Waals surface area contributed by atoms with Gasteiger partial charge in [0.1, 0.15) is 4.99 Å². The van der Waals surface area contributed by atoms with Gasteiger partial charge in [0.2, 0.25) is 0 Å². The number of nitrogens with two attached hydrogens (primary N) is 1. The van der Waals surface area contributed by atoms with Gasteiger partial charge in [-0.25, -0.2) is 0 Å². The highest BCUT2D eigenvalue weighted by Crippen LogP contribution is 2.27. The average molecular weight is 262 g/mol. The third-order valence-electron chi connectivity index (χ3n) is 3.82. The van der Waals surface area contributed by atoms with Gasteiger partial charge in [0.25, 0.3) is 0 Å². The summed E-state index contributed by atoms with van der Waals surface area (Å²) in [5, 5.41) is 0. The van der Waals surface area contributed by atoms with Gasteiger partial charge in [-0.3, -0.25) is 0 Å². The molecular weight excluding hydrogens is 240 g/mol. The molecule has 1 saturated heterocycles. The Morgan fingerprint density at radius 2 is 2.28 bits per heavy atom. The molecule has 2 N–H and O–H groups in total. The number of nitrogens with zero attached hydrogens (tertiary/aromatic N) is 1. The first kappa shape index (κ1) is 13.3. The van der Waals surface area contributed by atoms with Crippen LogP contribution in [0.4, 0.5) is 5.69 Å². The average Bonchev–Trinajstić information content (AvgIpc) is 2.77. The van der Waals surface area contributed by atoms with Crippen molar-refractivity contribution in [3.63, 3.8) is 0 Å². The molecule has 1 aliphatic heterocycles. The van der Waals surface area contributed by atoms with Crippen molar-refractivity contribution in [3.05, 3.63) is 29.3 Å². The highest BCUT2D eigenvalue weighted by Gasteiger charge is 2.22. The number of hydrogen-bond donors (Lipinski definition) is 1. The quantitative estimate of drug-likeness (QED) is 0.845. The predicted molar refractivity (Wildman–Crippen MR) is 82.3 cm³/mol. The molecule has 0 spiro atoms. The molecule has 0 aliphatic carbocycles. The Morgan fingerprint density at radius 3 is 2.89 bits per heavy atom. The zero-order valence-corrected chi connectivity index (χ0v) is 12.1. The molecule has 0 radical (unpaired) electrons. The normalized spacial score (nSPS) is 19.2. The van der Waals surface area contributed by atoms with Crippen LogP contribution in [0.1, 0.15) is 37.3 Å². The molecule has 1 unspecified atom stereocenters. The number of thiocarbonyl (C=S) groups is 1. The minimum absolute atomic E-state index is 0.490. The van der Waals surface area contributed by atoms with E-state index < -0.39 is 0 Å². The fraction of sp³-hybridized carbons (Fsp3) is 0.533. The number of benzene rings is 1. The topological polar surface area (TPSA) is 29.3 Å². The molecule has 1 fully saturated rings. The molecule has 1 heterocycles. The van der Waals surface area contributed by atoms with Crippen molar-refractivity contribution in [1.82, 2.24) is 0 Å². The summed E-state index contributed by atoms with van der Waals surface area (Å²) < 4.78 is 0. The molecule has 0 aromatic heterocycles. The van der Waals surface area contributed by atoms with E-state index in [1.807, 2.05) is 0 Å². The lowest BCUT2D eigenvalue weighted by Gasteiger charge is -2.20. The SMILES string of the molecule is CCCC1CCN(c2ccc(C(N)=S)c(C)c2)C1. The van der Waals surface area contributed by atoms with Gasteiger partial charge in [-0.15, -0.1) is 0 Å². The number of rotatable bonds is 4. The van der Waals surface area contributed by atoms with Gasteiger partial charge < -0.3 is 10.6 Å². The lowest BCUT2D eigenvalue weighted by atomic mass is 10.0. The maximum atomic E-state index is 5.70. The van der Waals surface area contributed by atoms with Crippen molar-refractivity contribution in [2.75, 3.05) is 18.0 Å². The first-order valence-corrected chi connectivity index (χ1v) is 7.18. The number of hydrogen-bond acceptors (Lipinski definition) is 2. The van der Waals surface area contributed by atoms with Crippen molar-refractivity contribution in [2.24, 2.45) is 11.7 Å². The van der Waals surface area contributed by atoms with Crippen molar-refractivity contribution in [1.29, 1.82) is 0 Å². The monoisotopic (exact) mass is 262 g/mol. The fourth-order valence-corrected chi connectivity index (χ4v) is 3.06. The zero-order valence-electron chi connectivity index (χ0n) is 11.3. The molecule has 0 amide bonds. The smallest absolute Gasteiger partial charge is 0.104 e. The van der Waals surface area contributed by atoms with E-state index >= 15 is 0 Å². The second kappa shape index (κ2) is 5.70. The van der Waals surface area contributed by atoms with Crippen LogP contribution < -0.4 is 10.6 Å². The predicted octanol–water partition coefficient (Wildman–Crippen LogP) is 3.26. The van der Waals surface area contributed by atoms with Crippen LogP contribution in [0.2, 0.25) is 0 Å². The molecule has 3 heteroatoms. The molecule has 98 valence electrons. The highest BCUT2D eigenvalue weighted by molar-refractivity contribution is 7.80. The summed E-state index contributed by atoms with van der Waals surface area (Å²) in [6, 6.07) is 6.42. The van der Waals surface area contributed by atoms with E-state index in [2.05, 4.69) is 36.9 Å². The Kier molecular flexibility index (Phi) is 4.23. The lowest BCUT2D eigenvalue weighted by Crippen LogP contribution is -2.20. The Labute approximate surface area is 115 Å². The minimum atomic E-state index is 0.490. The zero-order chi connectivity index (χ0) is 13.1. The number of aryl methyl sites for hydroxylation is 1. The van der Waals surface area contributed by atoms with Crippen molar-refractivity contribution in [2.45, 2.75) is 33.1 Å². The third kappa shape index (κ3) is 2.83. The molecule has 1 aromatic carbocycles. The molecule has 2 nitrogen and oxygen atoms in total. The second-order valence-corrected chi connectivity index (χ2v) is 5.69. The molecular formula is C15H22N2S. The summed E-state index contributed by atoms with van der Waals surface area (Å²) in [5.74, 6) is 0.866. The lowest BCUT2D eigenvalue weighted by molar-refractivity contribution is 0.530. The van der Waals surface area contributed by atoms with Crippen LogP contribution in [0.25, 0.3) is 0 Å². The molecule has 2 rings (SSSR count). The minimum Gasteiger partial charge on any atom is -0.389 e. The van der Waals surface area contributed by atoms with E-state index in [0.717, 1.165) is 11.5 Å². The van der Waals surface area contributed by atoms with Gasteiger partial charge in [-0.1, -0.05) is 25.6 Å². The standard InChI is InChI=1S/C15H22N2S/c1-3-4-12-7-8-17(10-12)13-5-6-14(15(16)18)11(2)9-13/h5-6,9,12H,3-4,7-8,10H2,1-2H3,(H2,16,18). The van der Waals surface area contributed by atoms with Crippen LogP contribution in [0.15, 0.2) is 18.2 Å². The third-order valence-corrected chi connectivity index (χ3v) is 4.04. The van der Waals surface area contributed by atoms with Gasteiger partial charge in [-0.2, -0.15) is 0 Å². The van der Waals surface area contributed by atoms with E-state index in [1.165, 1.54) is 43.6 Å².